The number of fused-ring (bicyclic) bond motifs is 3. The van der Waals surface area contributed by atoms with Crippen molar-refractivity contribution in [3.05, 3.63) is 109 Å². The third-order valence-corrected chi connectivity index (χ3v) is 9.61. The molecule has 0 spiro atoms. The Morgan fingerprint density at radius 3 is 1.45 bits per heavy atom. The quantitative estimate of drug-likeness (QED) is 0.113. The van der Waals surface area contributed by atoms with Gasteiger partial charge in [0, 0.05) is 17.8 Å². The van der Waals surface area contributed by atoms with Gasteiger partial charge in [-0.25, -0.2) is 9.36 Å². The highest BCUT2D eigenvalue weighted by molar-refractivity contribution is 5.83. The van der Waals surface area contributed by atoms with Gasteiger partial charge in [0.15, 0.2) is 0 Å². The van der Waals surface area contributed by atoms with Crippen LogP contribution in [0.3, 0.4) is 0 Å². The van der Waals surface area contributed by atoms with Gasteiger partial charge in [0.05, 0.1) is 35.2 Å². The molecule has 238 valence electrons. The van der Waals surface area contributed by atoms with E-state index in [2.05, 4.69) is 80.8 Å². The van der Waals surface area contributed by atoms with E-state index < -0.39 is 0 Å². The SMILES string of the molecule is CCCCCCC1(CCCCCC)c2cc(-n3cc(-c4ccccn4)nn3)ccc2-c2ccc(-n3cc(-c4ccccn4)nn3)cc21. The summed E-state index contributed by atoms with van der Waals surface area (Å²) in [6.07, 6.45) is 19.6. The molecule has 0 N–H and O–H groups in total. The Kier molecular flexibility index (Phi) is 9.00. The first kappa shape index (κ1) is 30.7. The number of hydrogen-bond donors (Lipinski definition) is 0. The van der Waals surface area contributed by atoms with Crippen molar-refractivity contribution in [2.75, 3.05) is 0 Å². The van der Waals surface area contributed by atoms with Crippen molar-refractivity contribution in [2.24, 2.45) is 0 Å². The molecule has 7 rings (SSSR count). The fourth-order valence-corrected chi connectivity index (χ4v) is 7.17. The maximum atomic E-state index is 4.54. The molecule has 0 radical (unpaired) electrons. The summed E-state index contributed by atoms with van der Waals surface area (Å²) in [4.78, 5) is 8.97. The van der Waals surface area contributed by atoms with Crippen LogP contribution in [0.15, 0.2) is 97.6 Å². The molecule has 8 nitrogen and oxygen atoms in total. The van der Waals surface area contributed by atoms with Crippen molar-refractivity contribution in [2.45, 2.75) is 83.5 Å². The van der Waals surface area contributed by atoms with Gasteiger partial charge in [0.1, 0.15) is 11.4 Å². The Morgan fingerprint density at radius 1 is 0.532 bits per heavy atom. The highest BCUT2D eigenvalue weighted by atomic mass is 15.4. The second-order valence-electron chi connectivity index (χ2n) is 12.7. The highest BCUT2D eigenvalue weighted by Gasteiger charge is 2.43. The van der Waals surface area contributed by atoms with Crippen LogP contribution in [0.2, 0.25) is 0 Å². The first-order valence-corrected chi connectivity index (χ1v) is 17.2. The minimum absolute atomic E-state index is 0.104. The summed E-state index contributed by atoms with van der Waals surface area (Å²) in [5.41, 5.74) is 10.6. The van der Waals surface area contributed by atoms with Crippen LogP contribution in [0, 0.1) is 0 Å². The van der Waals surface area contributed by atoms with Gasteiger partial charge in [-0.05, 0) is 83.6 Å². The molecule has 8 heteroatoms. The molecule has 0 amide bonds. The van der Waals surface area contributed by atoms with E-state index in [0.29, 0.717) is 0 Å². The van der Waals surface area contributed by atoms with Crippen LogP contribution >= 0.6 is 0 Å². The van der Waals surface area contributed by atoms with E-state index in [4.69, 9.17) is 0 Å². The average molecular weight is 623 g/mol. The lowest BCUT2D eigenvalue weighted by molar-refractivity contribution is 0.400. The Bertz CT molecular complexity index is 1780. The van der Waals surface area contributed by atoms with Gasteiger partial charge in [-0.3, -0.25) is 9.97 Å². The van der Waals surface area contributed by atoms with Crippen LogP contribution in [-0.4, -0.2) is 40.0 Å². The molecule has 0 aliphatic heterocycles. The Balaban J connectivity index is 1.31. The lowest BCUT2D eigenvalue weighted by Crippen LogP contribution is -2.26. The van der Waals surface area contributed by atoms with E-state index in [0.717, 1.165) is 47.0 Å². The smallest absolute Gasteiger partial charge is 0.131 e. The van der Waals surface area contributed by atoms with Gasteiger partial charge in [-0.1, -0.05) is 99.9 Å². The van der Waals surface area contributed by atoms with Crippen molar-refractivity contribution in [1.29, 1.82) is 0 Å². The van der Waals surface area contributed by atoms with Crippen molar-refractivity contribution in [1.82, 2.24) is 40.0 Å². The molecule has 47 heavy (non-hydrogen) atoms. The number of nitrogens with zero attached hydrogens (tertiary/aromatic N) is 8. The lowest BCUT2D eigenvalue weighted by atomic mass is 9.70. The molecule has 6 aromatic rings. The molecular weight excluding hydrogens is 580 g/mol. The van der Waals surface area contributed by atoms with Crippen LogP contribution in [0.25, 0.3) is 45.3 Å². The first-order chi connectivity index (χ1) is 23.2. The summed E-state index contributed by atoms with van der Waals surface area (Å²) >= 11 is 0. The molecule has 0 fully saturated rings. The summed E-state index contributed by atoms with van der Waals surface area (Å²) in [5, 5.41) is 18.0. The molecule has 0 saturated carbocycles. The van der Waals surface area contributed by atoms with Gasteiger partial charge in [0.25, 0.3) is 0 Å². The standard InChI is InChI=1S/C39H42N8/c1-3-5-7-11-21-39(22-12-8-6-4-2)33-25-29(46-27-37(42-44-46)35-15-9-13-23-40-35)17-19-31(33)32-20-18-30(26-34(32)39)47-28-38(43-45-47)36-16-10-14-24-41-36/h9-10,13-20,23-28H,3-8,11-12,21-22H2,1-2H3. The Morgan fingerprint density at radius 2 is 1.02 bits per heavy atom. The van der Waals surface area contributed by atoms with Crippen LogP contribution in [0.5, 0.6) is 0 Å². The number of rotatable bonds is 14. The largest absolute Gasteiger partial charge is 0.254 e. The zero-order chi connectivity index (χ0) is 32.1. The van der Waals surface area contributed by atoms with Crippen molar-refractivity contribution >= 4 is 0 Å². The fraction of sp³-hybridized carbons (Fsp3) is 0.333. The van der Waals surface area contributed by atoms with Gasteiger partial charge < -0.3 is 0 Å². The van der Waals surface area contributed by atoms with Crippen LogP contribution < -0.4 is 0 Å². The Hall–Kier alpha value is -4.98. The molecule has 2 aromatic carbocycles. The topological polar surface area (TPSA) is 87.2 Å². The highest BCUT2D eigenvalue weighted by Crippen LogP contribution is 2.55. The zero-order valence-corrected chi connectivity index (χ0v) is 27.4. The summed E-state index contributed by atoms with van der Waals surface area (Å²) in [6, 6.07) is 25.4. The number of unbranched alkanes of at least 4 members (excludes halogenated alkanes) is 6. The van der Waals surface area contributed by atoms with Crippen molar-refractivity contribution in [3.8, 4) is 45.3 Å². The van der Waals surface area contributed by atoms with Gasteiger partial charge >= 0.3 is 0 Å². The van der Waals surface area contributed by atoms with E-state index in [1.807, 2.05) is 58.2 Å². The lowest BCUT2D eigenvalue weighted by Gasteiger charge is -2.33. The Labute approximate surface area is 276 Å². The second-order valence-corrected chi connectivity index (χ2v) is 12.7. The third kappa shape index (κ3) is 6.12. The van der Waals surface area contributed by atoms with E-state index >= 15 is 0 Å². The number of benzene rings is 2. The maximum Gasteiger partial charge on any atom is 0.131 e. The van der Waals surface area contributed by atoms with E-state index in [9.17, 15) is 0 Å². The molecule has 0 saturated heterocycles. The molecule has 4 heterocycles. The van der Waals surface area contributed by atoms with Gasteiger partial charge in [-0.2, -0.15) is 0 Å². The minimum atomic E-state index is -0.104. The molecule has 0 bridgehead atoms. The molecule has 1 aliphatic carbocycles. The second kappa shape index (κ2) is 13.8. The molecular formula is C39H42N8. The third-order valence-electron chi connectivity index (χ3n) is 9.61. The number of hydrogen-bond acceptors (Lipinski definition) is 6. The van der Waals surface area contributed by atoms with Crippen LogP contribution in [0.1, 0.15) is 89.2 Å². The summed E-state index contributed by atoms with van der Waals surface area (Å²) < 4.78 is 3.79. The van der Waals surface area contributed by atoms with Crippen LogP contribution in [-0.2, 0) is 5.41 Å². The summed E-state index contributed by atoms with van der Waals surface area (Å²) in [5.74, 6) is 0. The fourth-order valence-electron chi connectivity index (χ4n) is 7.17. The maximum absolute atomic E-state index is 4.54. The van der Waals surface area contributed by atoms with E-state index in [1.54, 1.807) is 12.4 Å². The average Bonchev–Trinajstić information content (AvgIpc) is 3.88. The zero-order valence-electron chi connectivity index (χ0n) is 27.4. The first-order valence-electron chi connectivity index (χ1n) is 17.2. The minimum Gasteiger partial charge on any atom is -0.254 e. The summed E-state index contributed by atoms with van der Waals surface area (Å²) in [6.45, 7) is 4.57. The van der Waals surface area contributed by atoms with E-state index in [-0.39, 0.29) is 5.41 Å². The number of pyridine rings is 2. The molecule has 1 aliphatic rings. The predicted octanol–water partition coefficient (Wildman–Crippen LogP) is 9.18. The molecule has 0 atom stereocenters. The molecule has 4 aromatic heterocycles. The summed E-state index contributed by atoms with van der Waals surface area (Å²) in [7, 11) is 0. The number of aromatic nitrogens is 8. The predicted molar refractivity (Wildman–Crippen MR) is 186 cm³/mol. The van der Waals surface area contributed by atoms with E-state index in [1.165, 1.54) is 73.6 Å². The van der Waals surface area contributed by atoms with Crippen molar-refractivity contribution < 1.29 is 0 Å². The van der Waals surface area contributed by atoms with Crippen molar-refractivity contribution in [3.63, 3.8) is 0 Å². The van der Waals surface area contributed by atoms with Gasteiger partial charge in [0.2, 0.25) is 0 Å². The molecule has 0 unspecified atom stereocenters. The van der Waals surface area contributed by atoms with Gasteiger partial charge in [-0.15, -0.1) is 10.2 Å². The van der Waals surface area contributed by atoms with Crippen LogP contribution in [0.4, 0.5) is 0 Å². The normalized spacial score (nSPS) is 13.1. The monoisotopic (exact) mass is 622 g/mol.